The first-order valence-corrected chi connectivity index (χ1v) is 5.89. The number of nitro benzene ring substituents is 1. The highest BCUT2D eigenvalue weighted by Gasteiger charge is 2.13. The SMILES string of the molecule is Cc1cc(C(=O)Nc2ccc(N)cc2)ccc1[N+](=O)[O-]. The molecule has 2 rings (SSSR count). The second-order valence-electron chi connectivity index (χ2n) is 4.33. The molecule has 3 N–H and O–H groups in total. The molecule has 0 aliphatic heterocycles. The summed E-state index contributed by atoms with van der Waals surface area (Å²) in [5.74, 6) is -0.326. The van der Waals surface area contributed by atoms with Crippen LogP contribution in [0.2, 0.25) is 0 Å². The number of nitro groups is 1. The number of nitrogens with two attached hydrogens (primary N) is 1. The average Bonchev–Trinajstić information content (AvgIpc) is 2.40. The Kier molecular flexibility index (Phi) is 3.65. The van der Waals surface area contributed by atoms with E-state index in [2.05, 4.69) is 5.32 Å². The van der Waals surface area contributed by atoms with Crippen LogP contribution in [0.1, 0.15) is 15.9 Å². The van der Waals surface area contributed by atoms with Gasteiger partial charge < -0.3 is 11.1 Å². The standard InChI is InChI=1S/C14H13N3O3/c1-9-8-10(2-7-13(9)17(19)20)14(18)16-12-5-3-11(15)4-6-12/h2-8H,15H2,1H3,(H,16,18). The van der Waals surface area contributed by atoms with Crippen molar-refractivity contribution in [2.24, 2.45) is 0 Å². The van der Waals surface area contributed by atoms with E-state index in [1.807, 2.05) is 0 Å². The van der Waals surface area contributed by atoms with E-state index >= 15 is 0 Å². The first-order chi connectivity index (χ1) is 9.47. The lowest BCUT2D eigenvalue weighted by Gasteiger charge is -2.06. The van der Waals surface area contributed by atoms with Crippen LogP contribution in [0.25, 0.3) is 0 Å². The molecule has 6 heteroatoms. The third-order valence-corrected chi connectivity index (χ3v) is 2.82. The topological polar surface area (TPSA) is 98.3 Å². The fourth-order valence-corrected chi connectivity index (χ4v) is 1.77. The quantitative estimate of drug-likeness (QED) is 0.509. The fourth-order valence-electron chi connectivity index (χ4n) is 1.77. The minimum absolute atomic E-state index is 0.00552. The van der Waals surface area contributed by atoms with Gasteiger partial charge in [0, 0.05) is 28.6 Å². The Morgan fingerprint density at radius 2 is 1.85 bits per heavy atom. The number of hydrogen-bond acceptors (Lipinski definition) is 4. The van der Waals surface area contributed by atoms with Gasteiger partial charge in [0.25, 0.3) is 11.6 Å². The smallest absolute Gasteiger partial charge is 0.272 e. The molecular weight excluding hydrogens is 258 g/mol. The molecule has 102 valence electrons. The van der Waals surface area contributed by atoms with Crippen LogP contribution >= 0.6 is 0 Å². The van der Waals surface area contributed by atoms with Crippen LogP contribution in [0.5, 0.6) is 0 Å². The Bertz CT molecular complexity index is 666. The van der Waals surface area contributed by atoms with Crippen LogP contribution in [-0.2, 0) is 0 Å². The summed E-state index contributed by atoms with van der Waals surface area (Å²) < 4.78 is 0. The summed E-state index contributed by atoms with van der Waals surface area (Å²) in [7, 11) is 0. The van der Waals surface area contributed by atoms with Gasteiger partial charge in [0.1, 0.15) is 0 Å². The molecule has 0 saturated carbocycles. The summed E-state index contributed by atoms with van der Waals surface area (Å²) in [4.78, 5) is 22.3. The molecule has 0 aliphatic carbocycles. The molecule has 0 unspecified atom stereocenters. The minimum Gasteiger partial charge on any atom is -0.399 e. The van der Waals surface area contributed by atoms with E-state index < -0.39 is 4.92 Å². The fraction of sp³-hybridized carbons (Fsp3) is 0.0714. The predicted octanol–water partition coefficient (Wildman–Crippen LogP) is 2.74. The van der Waals surface area contributed by atoms with Crippen LogP contribution in [0.3, 0.4) is 0 Å². The molecule has 0 spiro atoms. The number of amides is 1. The summed E-state index contributed by atoms with van der Waals surface area (Å²) in [6, 6.07) is 11.0. The maximum atomic E-state index is 12.0. The number of carbonyl (C=O) groups is 1. The van der Waals surface area contributed by atoms with Crippen molar-refractivity contribution in [1.29, 1.82) is 0 Å². The molecule has 0 bridgehead atoms. The molecule has 0 radical (unpaired) electrons. The van der Waals surface area contributed by atoms with Crippen molar-refractivity contribution in [2.75, 3.05) is 11.1 Å². The monoisotopic (exact) mass is 271 g/mol. The normalized spacial score (nSPS) is 10.1. The van der Waals surface area contributed by atoms with Crippen molar-refractivity contribution in [1.82, 2.24) is 0 Å². The molecule has 0 heterocycles. The van der Waals surface area contributed by atoms with Gasteiger partial charge in [-0.25, -0.2) is 0 Å². The van der Waals surface area contributed by atoms with Crippen molar-refractivity contribution in [3.63, 3.8) is 0 Å². The van der Waals surface area contributed by atoms with Crippen molar-refractivity contribution in [3.05, 3.63) is 63.7 Å². The minimum atomic E-state index is -0.475. The number of anilines is 2. The lowest BCUT2D eigenvalue weighted by Crippen LogP contribution is -2.12. The number of carbonyl (C=O) groups excluding carboxylic acids is 1. The second kappa shape index (κ2) is 5.40. The lowest BCUT2D eigenvalue weighted by atomic mass is 10.1. The number of aryl methyl sites for hydroxylation is 1. The lowest BCUT2D eigenvalue weighted by molar-refractivity contribution is -0.385. The maximum absolute atomic E-state index is 12.0. The Balaban J connectivity index is 2.19. The third-order valence-electron chi connectivity index (χ3n) is 2.82. The molecular formula is C14H13N3O3. The molecule has 20 heavy (non-hydrogen) atoms. The van der Waals surface area contributed by atoms with E-state index in [4.69, 9.17) is 5.73 Å². The van der Waals surface area contributed by atoms with E-state index in [1.54, 1.807) is 31.2 Å². The van der Waals surface area contributed by atoms with Gasteiger partial charge in [0.2, 0.25) is 0 Å². The van der Waals surface area contributed by atoms with Crippen LogP contribution < -0.4 is 11.1 Å². The van der Waals surface area contributed by atoms with Gasteiger partial charge in [-0.2, -0.15) is 0 Å². The molecule has 2 aromatic carbocycles. The number of hydrogen-bond donors (Lipinski definition) is 2. The summed E-state index contributed by atoms with van der Waals surface area (Å²) in [6.07, 6.45) is 0. The summed E-state index contributed by atoms with van der Waals surface area (Å²) >= 11 is 0. The van der Waals surface area contributed by atoms with E-state index in [0.717, 1.165) is 0 Å². The number of nitrogens with zero attached hydrogens (tertiary/aromatic N) is 1. The molecule has 0 aliphatic rings. The van der Waals surface area contributed by atoms with Crippen molar-refractivity contribution < 1.29 is 9.72 Å². The average molecular weight is 271 g/mol. The predicted molar refractivity (Wildman–Crippen MR) is 76.6 cm³/mol. The number of benzene rings is 2. The summed E-state index contributed by atoms with van der Waals surface area (Å²) in [5, 5.41) is 13.4. The summed E-state index contributed by atoms with van der Waals surface area (Å²) in [6.45, 7) is 1.60. The zero-order valence-electron chi connectivity index (χ0n) is 10.8. The second-order valence-corrected chi connectivity index (χ2v) is 4.33. The highest BCUT2D eigenvalue weighted by molar-refractivity contribution is 6.04. The highest BCUT2D eigenvalue weighted by Crippen LogP contribution is 2.19. The van der Waals surface area contributed by atoms with E-state index in [9.17, 15) is 14.9 Å². The van der Waals surface area contributed by atoms with Gasteiger partial charge >= 0.3 is 0 Å². The van der Waals surface area contributed by atoms with Crippen LogP contribution in [0.15, 0.2) is 42.5 Å². The van der Waals surface area contributed by atoms with Crippen molar-refractivity contribution in [2.45, 2.75) is 6.92 Å². The Hall–Kier alpha value is -2.89. The van der Waals surface area contributed by atoms with Crippen LogP contribution in [0.4, 0.5) is 17.1 Å². The molecule has 6 nitrogen and oxygen atoms in total. The van der Waals surface area contributed by atoms with Crippen molar-refractivity contribution >= 4 is 23.0 Å². The van der Waals surface area contributed by atoms with Crippen molar-refractivity contribution in [3.8, 4) is 0 Å². The zero-order chi connectivity index (χ0) is 14.7. The first kappa shape index (κ1) is 13.5. The van der Waals surface area contributed by atoms with E-state index in [1.165, 1.54) is 18.2 Å². The molecule has 0 saturated heterocycles. The van der Waals surface area contributed by atoms with Gasteiger partial charge in [-0.1, -0.05) is 0 Å². The summed E-state index contributed by atoms with van der Waals surface area (Å²) in [5.41, 5.74) is 7.58. The van der Waals surface area contributed by atoms with Gasteiger partial charge in [-0.05, 0) is 43.3 Å². The Labute approximate surface area is 115 Å². The Morgan fingerprint density at radius 3 is 2.40 bits per heavy atom. The molecule has 1 amide bonds. The number of nitrogen functional groups attached to an aromatic ring is 1. The van der Waals surface area contributed by atoms with Gasteiger partial charge in [0.15, 0.2) is 0 Å². The van der Waals surface area contributed by atoms with Crippen LogP contribution in [0, 0.1) is 17.0 Å². The van der Waals surface area contributed by atoms with Gasteiger partial charge in [-0.3, -0.25) is 14.9 Å². The van der Waals surface area contributed by atoms with Crippen LogP contribution in [-0.4, -0.2) is 10.8 Å². The van der Waals surface area contributed by atoms with E-state index in [-0.39, 0.29) is 11.6 Å². The van der Waals surface area contributed by atoms with Gasteiger partial charge in [0.05, 0.1) is 4.92 Å². The molecule has 0 fully saturated rings. The number of rotatable bonds is 3. The maximum Gasteiger partial charge on any atom is 0.272 e. The zero-order valence-corrected chi connectivity index (χ0v) is 10.8. The number of nitrogens with one attached hydrogen (secondary N) is 1. The molecule has 0 atom stereocenters. The highest BCUT2D eigenvalue weighted by atomic mass is 16.6. The van der Waals surface area contributed by atoms with Gasteiger partial charge in [-0.15, -0.1) is 0 Å². The molecule has 2 aromatic rings. The Morgan fingerprint density at radius 1 is 1.20 bits per heavy atom. The largest absolute Gasteiger partial charge is 0.399 e. The first-order valence-electron chi connectivity index (χ1n) is 5.89. The third kappa shape index (κ3) is 2.92. The molecule has 0 aromatic heterocycles. The van der Waals surface area contributed by atoms with E-state index in [0.29, 0.717) is 22.5 Å².